The molecule has 11 heteroatoms. The summed E-state index contributed by atoms with van der Waals surface area (Å²) in [6, 6.07) is 8.49. The molecule has 2 aromatic heterocycles. The zero-order valence-electron chi connectivity index (χ0n) is 15.1. The standard InChI is InChI=1S/C17H17N7O3S/c1-3-12-18-9-10-24(12)15-13-14(20-17(25)22-28(13,26)27)19-16(21-15)23(2)11-7-5-4-6-8-11/h4-10H,3H2,1-2H3,(H2,19,20,21,22,25). The fourth-order valence-electron chi connectivity index (χ4n) is 2.93. The summed E-state index contributed by atoms with van der Waals surface area (Å²) >= 11 is 0. The summed E-state index contributed by atoms with van der Waals surface area (Å²) in [5.74, 6) is 0.890. The highest BCUT2D eigenvalue weighted by Crippen LogP contribution is 2.32. The van der Waals surface area contributed by atoms with Gasteiger partial charge in [0.1, 0.15) is 5.82 Å². The fourth-order valence-corrected chi connectivity index (χ4v) is 4.07. The highest BCUT2D eigenvalue weighted by molar-refractivity contribution is 7.90. The predicted molar refractivity (Wildman–Crippen MR) is 102 cm³/mol. The van der Waals surface area contributed by atoms with E-state index in [1.807, 2.05) is 42.0 Å². The van der Waals surface area contributed by atoms with Crippen molar-refractivity contribution < 1.29 is 13.2 Å². The molecule has 0 saturated carbocycles. The van der Waals surface area contributed by atoms with Gasteiger partial charge in [0.15, 0.2) is 16.5 Å². The molecule has 2 amide bonds. The van der Waals surface area contributed by atoms with Gasteiger partial charge < -0.3 is 4.90 Å². The van der Waals surface area contributed by atoms with Gasteiger partial charge in [0.2, 0.25) is 5.95 Å². The van der Waals surface area contributed by atoms with Gasteiger partial charge in [-0.3, -0.25) is 9.88 Å². The number of aromatic nitrogens is 4. The lowest BCUT2D eigenvalue weighted by atomic mass is 10.3. The predicted octanol–water partition coefficient (Wildman–Crippen LogP) is 1.82. The minimum Gasteiger partial charge on any atom is -0.313 e. The number of fused-ring (bicyclic) bond motifs is 1. The molecular weight excluding hydrogens is 382 g/mol. The Morgan fingerprint density at radius 1 is 1.18 bits per heavy atom. The Labute approximate surface area is 161 Å². The number of amides is 2. The van der Waals surface area contributed by atoms with Crippen LogP contribution in [0.5, 0.6) is 0 Å². The molecule has 0 atom stereocenters. The lowest BCUT2D eigenvalue weighted by Gasteiger charge is -2.24. The van der Waals surface area contributed by atoms with E-state index < -0.39 is 16.1 Å². The van der Waals surface area contributed by atoms with E-state index in [0.717, 1.165) is 5.69 Å². The van der Waals surface area contributed by atoms with Crippen LogP contribution in [0.3, 0.4) is 0 Å². The smallest absolute Gasteiger partial charge is 0.313 e. The van der Waals surface area contributed by atoms with Crippen molar-refractivity contribution >= 4 is 33.5 Å². The molecule has 0 fully saturated rings. The van der Waals surface area contributed by atoms with E-state index in [2.05, 4.69) is 20.3 Å². The highest BCUT2D eigenvalue weighted by Gasteiger charge is 2.35. The molecule has 0 bridgehead atoms. The van der Waals surface area contributed by atoms with E-state index >= 15 is 0 Å². The van der Waals surface area contributed by atoms with Crippen molar-refractivity contribution in [3.63, 3.8) is 0 Å². The number of aryl methyl sites for hydroxylation is 1. The molecule has 10 nitrogen and oxygen atoms in total. The zero-order valence-corrected chi connectivity index (χ0v) is 15.9. The van der Waals surface area contributed by atoms with Gasteiger partial charge in [-0.25, -0.2) is 22.9 Å². The molecule has 0 aliphatic carbocycles. The van der Waals surface area contributed by atoms with Gasteiger partial charge in [0.25, 0.3) is 10.0 Å². The number of carbonyl (C=O) groups excluding carboxylic acids is 1. The third-order valence-corrected chi connectivity index (χ3v) is 5.64. The number of hydrogen-bond acceptors (Lipinski definition) is 7. The number of hydrogen-bond donors (Lipinski definition) is 2. The third-order valence-electron chi connectivity index (χ3n) is 4.27. The molecule has 3 aromatic rings. The van der Waals surface area contributed by atoms with Crippen LogP contribution in [0.4, 0.5) is 22.2 Å². The van der Waals surface area contributed by atoms with Crippen LogP contribution in [-0.2, 0) is 16.4 Å². The van der Waals surface area contributed by atoms with Crippen molar-refractivity contribution in [3.05, 3.63) is 48.5 Å². The van der Waals surface area contributed by atoms with Crippen molar-refractivity contribution in [1.82, 2.24) is 24.2 Å². The van der Waals surface area contributed by atoms with Crippen molar-refractivity contribution in [2.45, 2.75) is 18.2 Å². The van der Waals surface area contributed by atoms with Gasteiger partial charge in [0, 0.05) is 31.5 Å². The number of urea groups is 1. The van der Waals surface area contributed by atoms with Crippen LogP contribution in [0.2, 0.25) is 0 Å². The maximum atomic E-state index is 12.7. The molecule has 1 aromatic carbocycles. The van der Waals surface area contributed by atoms with E-state index in [0.29, 0.717) is 12.2 Å². The number of benzene rings is 1. The average molecular weight is 399 g/mol. The Morgan fingerprint density at radius 3 is 2.64 bits per heavy atom. The van der Waals surface area contributed by atoms with Crippen molar-refractivity contribution in [3.8, 4) is 5.82 Å². The Kier molecular flexibility index (Phi) is 4.23. The summed E-state index contributed by atoms with van der Waals surface area (Å²) in [5.41, 5.74) is 0.804. The van der Waals surface area contributed by atoms with Crippen LogP contribution in [0.25, 0.3) is 5.82 Å². The lowest BCUT2D eigenvalue weighted by Crippen LogP contribution is -2.41. The van der Waals surface area contributed by atoms with Gasteiger partial charge in [-0.15, -0.1) is 0 Å². The summed E-state index contributed by atoms with van der Waals surface area (Å²) in [5, 5.41) is 2.46. The second kappa shape index (κ2) is 6.60. The van der Waals surface area contributed by atoms with Crippen LogP contribution >= 0.6 is 0 Å². The van der Waals surface area contributed by atoms with Crippen LogP contribution in [0.15, 0.2) is 47.6 Å². The Balaban J connectivity index is 1.98. The van der Waals surface area contributed by atoms with Crippen LogP contribution < -0.4 is 14.9 Å². The summed E-state index contributed by atoms with van der Waals surface area (Å²) in [7, 11) is -2.38. The van der Waals surface area contributed by atoms with Gasteiger partial charge in [0.05, 0.1) is 0 Å². The monoisotopic (exact) mass is 399 g/mol. The molecular formula is C17H17N7O3S. The fraction of sp³-hybridized carbons (Fsp3) is 0.176. The number of para-hydroxylation sites is 1. The minimum absolute atomic E-state index is 0.0812. The summed E-state index contributed by atoms with van der Waals surface area (Å²) in [4.78, 5) is 26.4. The van der Waals surface area contributed by atoms with E-state index in [-0.39, 0.29) is 22.5 Å². The van der Waals surface area contributed by atoms with Gasteiger partial charge >= 0.3 is 6.03 Å². The molecule has 0 saturated heterocycles. The SMILES string of the molecule is CCc1nccn1-c1nc(N(C)c2ccccc2)nc2c1S(=O)(=O)NC(=O)N2. The van der Waals surface area contributed by atoms with Crippen molar-refractivity contribution in [1.29, 1.82) is 0 Å². The maximum Gasteiger partial charge on any atom is 0.334 e. The second-order valence-corrected chi connectivity index (χ2v) is 7.67. The molecule has 1 aliphatic rings. The van der Waals surface area contributed by atoms with E-state index in [1.54, 1.807) is 28.9 Å². The van der Waals surface area contributed by atoms with Crippen molar-refractivity contribution in [2.75, 3.05) is 17.3 Å². The van der Waals surface area contributed by atoms with E-state index in [9.17, 15) is 13.2 Å². The van der Waals surface area contributed by atoms with Gasteiger partial charge in [-0.05, 0) is 12.1 Å². The second-order valence-electron chi connectivity index (χ2n) is 6.05. The number of imidazole rings is 1. The number of nitrogens with one attached hydrogen (secondary N) is 2. The number of nitrogens with zero attached hydrogens (tertiary/aromatic N) is 5. The van der Waals surface area contributed by atoms with Crippen LogP contribution in [0.1, 0.15) is 12.7 Å². The van der Waals surface area contributed by atoms with Gasteiger partial charge in [-0.1, -0.05) is 25.1 Å². The number of carbonyl (C=O) groups is 1. The number of rotatable bonds is 4. The highest BCUT2D eigenvalue weighted by atomic mass is 32.2. The first-order valence-corrected chi connectivity index (χ1v) is 9.96. The first-order valence-electron chi connectivity index (χ1n) is 8.48. The Morgan fingerprint density at radius 2 is 1.93 bits per heavy atom. The number of anilines is 3. The Hall–Kier alpha value is -3.47. The summed E-state index contributed by atoms with van der Waals surface area (Å²) in [6.07, 6.45) is 3.75. The minimum atomic E-state index is -4.13. The molecule has 2 N–H and O–H groups in total. The van der Waals surface area contributed by atoms with E-state index in [1.165, 1.54) is 0 Å². The molecule has 0 unspecified atom stereocenters. The third kappa shape index (κ3) is 2.95. The molecule has 0 spiro atoms. The van der Waals surface area contributed by atoms with Crippen LogP contribution in [-0.4, -0.2) is 41.0 Å². The molecule has 0 radical (unpaired) electrons. The first kappa shape index (κ1) is 17.9. The quantitative estimate of drug-likeness (QED) is 0.686. The zero-order chi connectivity index (χ0) is 19.9. The Bertz CT molecular complexity index is 1160. The number of sulfonamides is 1. The molecule has 144 valence electrons. The molecule has 1 aliphatic heterocycles. The lowest BCUT2D eigenvalue weighted by molar-refractivity contribution is 0.256. The molecule has 3 heterocycles. The van der Waals surface area contributed by atoms with Crippen molar-refractivity contribution in [2.24, 2.45) is 0 Å². The van der Waals surface area contributed by atoms with E-state index in [4.69, 9.17) is 0 Å². The molecule has 4 rings (SSSR count). The normalized spacial score (nSPS) is 14.7. The average Bonchev–Trinajstić information content (AvgIpc) is 3.15. The van der Waals surface area contributed by atoms with Gasteiger partial charge in [-0.2, -0.15) is 9.97 Å². The first-order chi connectivity index (χ1) is 13.4. The summed E-state index contributed by atoms with van der Waals surface area (Å²) in [6.45, 7) is 1.90. The topological polar surface area (TPSA) is 122 Å². The van der Waals surface area contributed by atoms with Crippen LogP contribution in [0, 0.1) is 0 Å². The molecule has 28 heavy (non-hydrogen) atoms. The maximum absolute atomic E-state index is 12.7. The largest absolute Gasteiger partial charge is 0.334 e. The summed E-state index contributed by atoms with van der Waals surface area (Å²) < 4.78 is 28.8.